The third-order valence-electron chi connectivity index (χ3n) is 3.30. The summed E-state index contributed by atoms with van der Waals surface area (Å²) in [6, 6.07) is 9.44. The Balaban J connectivity index is 1.86. The van der Waals surface area contributed by atoms with Crippen LogP contribution < -0.4 is 0 Å². The van der Waals surface area contributed by atoms with E-state index in [4.69, 9.17) is 0 Å². The van der Waals surface area contributed by atoms with Crippen LogP contribution in [0.4, 0.5) is 0 Å². The average Bonchev–Trinajstić information content (AvgIpc) is 3.02. The Kier molecular flexibility index (Phi) is 6.71. The van der Waals surface area contributed by atoms with Gasteiger partial charge in [-0.1, -0.05) is 30.0 Å². The maximum atomic E-state index is 11.5. The van der Waals surface area contributed by atoms with E-state index < -0.39 is 12.2 Å². The van der Waals surface area contributed by atoms with Crippen molar-refractivity contribution in [3.05, 3.63) is 30.3 Å². The van der Waals surface area contributed by atoms with E-state index in [1.807, 2.05) is 30.3 Å². The average molecular weight is 351 g/mol. The molecule has 0 saturated carbocycles. The molecule has 2 aromatic rings. The second kappa shape index (κ2) is 8.76. The number of rotatable bonds is 8. The zero-order valence-corrected chi connectivity index (χ0v) is 14.4. The van der Waals surface area contributed by atoms with Crippen molar-refractivity contribution >= 4 is 17.7 Å². The third kappa shape index (κ3) is 5.29. The first-order valence-corrected chi connectivity index (χ1v) is 8.49. The normalized spacial score (nSPS) is 13.5. The largest absolute Gasteiger partial charge is 0.392 e. The molecule has 0 radical (unpaired) electrons. The Morgan fingerprint density at radius 3 is 2.62 bits per heavy atom. The number of para-hydroxylation sites is 1. The third-order valence-corrected chi connectivity index (χ3v) is 4.36. The highest BCUT2D eigenvalue weighted by Gasteiger charge is 2.18. The molecule has 2 N–H and O–H groups in total. The van der Waals surface area contributed by atoms with Gasteiger partial charge in [0.05, 0.1) is 24.3 Å². The van der Waals surface area contributed by atoms with Gasteiger partial charge < -0.3 is 15.1 Å². The molecule has 1 amide bonds. The van der Waals surface area contributed by atoms with Gasteiger partial charge in [0.15, 0.2) is 0 Å². The molecule has 2 rings (SSSR count). The van der Waals surface area contributed by atoms with Crippen LogP contribution in [0.15, 0.2) is 35.5 Å². The monoisotopic (exact) mass is 351 g/mol. The number of tetrazole rings is 1. The SMILES string of the molecule is CN(C)C(=O)CC(O)CC(O)CSc1nnnn1-c1ccccc1. The van der Waals surface area contributed by atoms with Crippen LogP contribution in [0.1, 0.15) is 12.8 Å². The lowest BCUT2D eigenvalue weighted by atomic mass is 10.1. The Morgan fingerprint density at radius 2 is 1.96 bits per heavy atom. The van der Waals surface area contributed by atoms with Crippen LogP contribution in [0.5, 0.6) is 0 Å². The number of carbonyl (C=O) groups is 1. The van der Waals surface area contributed by atoms with Crippen molar-refractivity contribution < 1.29 is 15.0 Å². The first kappa shape index (κ1) is 18.4. The quantitative estimate of drug-likeness (QED) is 0.661. The van der Waals surface area contributed by atoms with Crippen LogP contribution >= 0.6 is 11.8 Å². The second-order valence-electron chi connectivity index (χ2n) is 5.56. The molecule has 0 bridgehead atoms. The molecular formula is C15H21N5O3S. The summed E-state index contributed by atoms with van der Waals surface area (Å²) in [5, 5.41) is 32.0. The number of benzene rings is 1. The van der Waals surface area contributed by atoms with Crippen molar-refractivity contribution in [3.63, 3.8) is 0 Å². The maximum Gasteiger partial charge on any atom is 0.224 e. The zero-order chi connectivity index (χ0) is 17.5. The minimum atomic E-state index is -0.874. The lowest BCUT2D eigenvalue weighted by Gasteiger charge is -2.17. The molecule has 9 heteroatoms. The lowest BCUT2D eigenvalue weighted by molar-refractivity contribution is -0.131. The molecule has 2 unspecified atom stereocenters. The molecule has 1 heterocycles. The summed E-state index contributed by atoms with van der Waals surface area (Å²) in [7, 11) is 3.26. The summed E-state index contributed by atoms with van der Waals surface area (Å²) >= 11 is 1.29. The van der Waals surface area contributed by atoms with Crippen LogP contribution in [-0.4, -0.2) is 73.3 Å². The van der Waals surface area contributed by atoms with Gasteiger partial charge in [0.1, 0.15) is 0 Å². The van der Waals surface area contributed by atoms with Crippen LogP contribution in [-0.2, 0) is 4.79 Å². The van der Waals surface area contributed by atoms with Crippen LogP contribution in [0.3, 0.4) is 0 Å². The number of carbonyl (C=O) groups excluding carboxylic acids is 1. The van der Waals surface area contributed by atoms with Gasteiger partial charge in [-0.3, -0.25) is 4.79 Å². The molecule has 0 aliphatic rings. The van der Waals surface area contributed by atoms with Gasteiger partial charge in [-0.05, 0) is 22.6 Å². The summed E-state index contributed by atoms with van der Waals surface area (Å²) in [5.41, 5.74) is 0.830. The molecule has 8 nitrogen and oxygen atoms in total. The van der Waals surface area contributed by atoms with Gasteiger partial charge in [-0.25, -0.2) is 0 Å². The molecule has 0 spiro atoms. The summed E-state index contributed by atoms with van der Waals surface area (Å²) in [4.78, 5) is 12.9. The van der Waals surface area contributed by atoms with Crippen LogP contribution in [0.25, 0.3) is 5.69 Å². The van der Waals surface area contributed by atoms with Crippen molar-refractivity contribution in [2.45, 2.75) is 30.2 Å². The Hall–Kier alpha value is -1.97. The van der Waals surface area contributed by atoms with E-state index in [1.54, 1.807) is 18.8 Å². The highest BCUT2D eigenvalue weighted by Crippen LogP contribution is 2.20. The number of amides is 1. The number of aliphatic hydroxyl groups is 2. The molecule has 1 aromatic heterocycles. The maximum absolute atomic E-state index is 11.5. The number of aromatic nitrogens is 4. The molecule has 0 aliphatic heterocycles. The van der Waals surface area contributed by atoms with Crippen LogP contribution in [0, 0.1) is 0 Å². The van der Waals surface area contributed by atoms with Crippen molar-refractivity contribution in [1.82, 2.24) is 25.1 Å². The van der Waals surface area contributed by atoms with E-state index in [0.29, 0.717) is 10.9 Å². The van der Waals surface area contributed by atoms with E-state index in [9.17, 15) is 15.0 Å². The van der Waals surface area contributed by atoms with Gasteiger partial charge in [0.2, 0.25) is 11.1 Å². The highest BCUT2D eigenvalue weighted by atomic mass is 32.2. The van der Waals surface area contributed by atoms with Crippen molar-refractivity contribution in [2.24, 2.45) is 0 Å². The summed E-state index contributed by atoms with van der Waals surface area (Å²) in [6.07, 6.45) is -1.52. The molecule has 1 aromatic carbocycles. The number of thioether (sulfide) groups is 1. The summed E-state index contributed by atoms with van der Waals surface area (Å²) in [6.45, 7) is 0. The smallest absolute Gasteiger partial charge is 0.224 e. The van der Waals surface area contributed by atoms with Gasteiger partial charge in [0, 0.05) is 26.3 Å². The lowest BCUT2D eigenvalue weighted by Crippen LogP contribution is -2.29. The Labute approximate surface area is 144 Å². The zero-order valence-electron chi connectivity index (χ0n) is 13.6. The highest BCUT2D eigenvalue weighted by molar-refractivity contribution is 7.99. The van der Waals surface area contributed by atoms with Gasteiger partial charge in [0.25, 0.3) is 0 Å². The first-order valence-electron chi connectivity index (χ1n) is 7.50. The van der Waals surface area contributed by atoms with Gasteiger partial charge >= 0.3 is 0 Å². The second-order valence-corrected chi connectivity index (χ2v) is 6.54. The summed E-state index contributed by atoms with van der Waals surface area (Å²) in [5.74, 6) is 0.149. The summed E-state index contributed by atoms with van der Waals surface area (Å²) < 4.78 is 1.59. The molecule has 0 fully saturated rings. The number of hydrogen-bond acceptors (Lipinski definition) is 7. The fourth-order valence-electron chi connectivity index (χ4n) is 2.02. The fourth-order valence-corrected chi connectivity index (χ4v) is 2.86. The van der Waals surface area contributed by atoms with Crippen molar-refractivity contribution in [1.29, 1.82) is 0 Å². The minimum Gasteiger partial charge on any atom is -0.392 e. The number of hydrogen-bond donors (Lipinski definition) is 2. The van der Waals surface area contributed by atoms with Gasteiger partial charge in [-0.15, -0.1) is 5.10 Å². The Bertz CT molecular complexity index is 650. The van der Waals surface area contributed by atoms with E-state index >= 15 is 0 Å². The molecule has 0 aliphatic carbocycles. The van der Waals surface area contributed by atoms with Crippen molar-refractivity contribution in [3.8, 4) is 5.69 Å². The molecule has 2 atom stereocenters. The fraction of sp³-hybridized carbons (Fsp3) is 0.467. The molecule has 0 saturated heterocycles. The van der Waals surface area contributed by atoms with Crippen LogP contribution in [0.2, 0.25) is 0 Å². The number of aliphatic hydroxyl groups excluding tert-OH is 2. The molecule has 130 valence electrons. The van der Waals surface area contributed by atoms with E-state index in [2.05, 4.69) is 15.5 Å². The Morgan fingerprint density at radius 1 is 1.25 bits per heavy atom. The predicted molar refractivity (Wildman–Crippen MR) is 89.8 cm³/mol. The van der Waals surface area contributed by atoms with E-state index in [1.165, 1.54) is 16.7 Å². The molecule has 24 heavy (non-hydrogen) atoms. The minimum absolute atomic E-state index is 0.00349. The standard InChI is InChI=1S/C15H21N5O3S/c1-19(2)14(23)9-12(21)8-13(22)10-24-15-16-17-18-20(15)11-6-4-3-5-7-11/h3-7,12-13,21-22H,8-10H2,1-2H3. The van der Waals surface area contributed by atoms with E-state index in [0.717, 1.165) is 5.69 Å². The molecular weight excluding hydrogens is 330 g/mol. The van der Waals surface area contributed by atoms with E-state index in [-0.39, 0.29) is 18.7 Å². The number of nitrogens with zero attached hydrogens (tertiary/aromatic N) is 5. The first-order chi connectivity index (χ1) is 11.5. The topological polar surface area (TPSA) is 104 Å². The van der Waals surface area contributed by atoms with Gasteiger partial charge in [-0.2, -0.15) is 4.68 Å². The predicted octanol–water partition coefficient (Wildman–Crippen LogP) is 0.345. The van der Waals surface area contributed by atoms with Crippen molar-refractivity contribution in [2.75, 3.05) is 19.8 Å².